The van der Waals surface area contributed by atoms with Crippen molar-refractivity contribution in [2.24, 2.45) is 7.05 Å². The Balaban J connectivity index is 2.25. The summed E-state index contributed by atoms with van der Waals surface area (Å²) in [6.45, 7) is 9.76. The molecule has 0 N–H and O–H groups in total. The van der Waals surface area contributed by atoms with E-state index in [0.717, 1.165) is 0 Å². The molecule has 0 unspecified atom stereocenters. The lowest BCUT2D eigenvalue weighted by molar-refractivity contribution is 0.906. The summed E-state index contributed by atoms with van der Waals surface area (Å²) < 4.78 is 2.51. The predicted octanol–water partition coefficient (Wildman–Crippen LogP) is 4.54. The summed E-state index contributed by atoms with van der Waals surface area (Å²) in [5.41, 5.74) is 5.77. The van der Waals surface area contributed by atoms with Crippen molar-refractivity contribution in [3.05, 3.63) is 48.5 Å². The van der Waals surface area contributed by atoms with Crippen LogP contribution in [0.15, 0.2) is 48.5 Å². The van der Waals surface area contributed by atoms with Crippen LogP contribution in [-0.2, 0) is 7.05 Å². The first kappa shape index (κ1) is 14.8. The van der Waals surface area contributed by atoms with Crippen LogP contribution in [0.1, 0.15) is 27.7 Å². The van der Waals surface area contributed by atoms with E-state index >= 15 is 0 Å². The third-order valence-electron chi connectivity index (χ3n) is 5.96. The second-order valence-electron chi connectivity index (χ2n) is 7.52. The van der Waals surface area contributed by atoms with E-state index in [1.54, 1.807) is 10.5 Å². The van der Waals surface area contributed by atoms with Crippen LogP contribution in [0.2, 0.25) is 11.1 Å². The maximum Gasteiger partial charge on any atom is 0.145 e. The van der Waals surface area contributed by atoms with Gasteiger partial charge in [0.05, 0.1) is 0 Å². The molecule has 2 aromatic carbocycles. The number of aryl methyl sites for hydroxylation is 1. The van der Waals surface area contributed by atoms with E-state index in [1.165, 1.54) is 22.0 Å². The number of fused-ring (bicyclic) bond motifs is 5. The molecule has 0 aliphatic carbocycles. The summed E-state index contributed by atoms with van der Waals surface area (Å²) in [5.74, 6) is 0. The smallest absolute Gasteiger partial charge is 0.145 e. The van der Waals surface area contributed by atoms with Gasteiger partial charge in [-0.05, 0) is 27.9 Å². The zero-order valence-electron chi connectivity index (χ0n) is 14.7. The second kappa shape index (κ2) is 4.84. The Bertz CT molecular complexity index is 893. The normalized spacial score (nSPS) is 15.4. The fourth-order valence-electron chi connectivity index (χ4n) is 5.18. The Morgan fingerprint density at radius 2 is 1.43 bits per heavy atom. The third kappa shape index (κ3) is 1.62. The molecule has 1 nitrogen and oxygen atoms in total. The molecule has 1 aromatic heterocycles. The van der Waals surface area contributed by atoms with Crippen LogP contribution in [0.3, 0.4) is 0 Å². The van der Waals surface area contributed by atoms with E-state index in [2.05, 4.69) is 87.8 Å². The van der Waals surface area contributed by atoms with Gasteiger partial charge in [0.15, 0.2) is 0 Å². The van der Waals surface area contributed by atoms with Crippen LogP contribution in [0.4, 0.5) is 0 Å². The standard InChI is InChI=1S/C21H25NSi/c1-14(2)23(15(3)4)19-13-9-7-11-17(19)20-16-10-6-8-12-18(16)22(5)21(20)23/h6-15H,1-5H3. The van der Waals surface area contributed by atoms with Crippen molar-refractivity contribution < 1.29 is 0 Å². The number of nitrogens with zero attached hydrogens (tertiary/aromatic N) is 1. The molecule has 1 aliphatic heterocycles. The number of aromatic nitrogens is 1. The highest BCUT2D eigenvalue weighted by atomic mass is 28.3. The van der Waals surface area contributed by atoms with Crippen molar-refractivity contribution in [1.82, 2.24) is 4.57 Å². The van der Waals surface area contributed by atoms with Crippen LogP contribution < -0.4 is 10.5 Å². The van der Waals surface area contributed by atoms with Crippen molar-refractivity contribution in [2.75, 3.05) is 0 Å². The topological polar surface area (TPSA) is 4.93 Å². The highest BCUT2D eigenvalue weighted by Gasteiger charge is 2.52. The van der Waals surface area contributed by atoms with Gasteiger partial charge >= 0.3 is 0 Å². The van der Waals surface area contributed by atoms with Gasteiger partial charge in [0.2, 0.25) is 0 Å². The average molecular weight is 320 g/mol. The lowest BCUT2D eigenvalue weighted by Gasteiger charge is -2.38. The van der Waals surface area contributed by atoms with Crippen molar-refractivity contribution in [2.45, 2.75) is 38.8 Å². The molecule has 0 amide bonds. The quantitative estimate of drug-likeness (QED) is 0.611. The predicted molar refractivity (Wildman–Crippen MR) is 104 cm³/mol. The molecule has 0 bridgehead atoms. The van der Waals surface area contributed by atoms with Crippen LogP contribution in [0.5, 0.6) is 0 Å². The van der Waals surface area contributed by atoms with Crippen molar-refractivity contribution >= 4 is 29.5 Å². The SMILES string of the molecule is CC(C)[Si]1(C(C)C)c2ccccc2-c2c1n(C)c1ccccc21. The van der Waals surface area contributed by atoms with Gasteiger partial charge in [-0.2, -0.15) is 0 Å². The van der Waals surface area contributed by atoms with Gasteiger partial charge in [0, 0.05) is 28.8 Å². The monoisotopic (exact) mass is 319 g/mol. The Hall–Kier alpha value is -1.80. The van der Waals surface area contributed by atoms with Crippen LogP contribution >= 0.6 is 0 Å². The second-order valence-corrected chi connectivity index (χ2v) is 12.6. The molecular weight excluding hydrogens is 294 g/mol. The number of rotatable bonds is 2. The Kier molecular flexibility index (Phi) is 3.11. The Morgan fingerprint density at radius 1 is 0.826 bits per heavy atom. The number of para-hydroxylation sites is 1. The minimum Gasteiger partial charge on any atom is -0.351 e. The average Bonchev–Trinajstić information content (AvgIpc) is 3.00. The first-order valence-corrected chi connectivity index (χ1v) is 10.8. The molecule has 4 rings (SSSR count). The lowest BCUT2D eigenvalue weighted by atomic mass is 10.1. The number of hydrogen-bond acceptors (Lipinski definition) is 0. The zero-order valence-corrected chi connectivity index (χ0v) is 15.7. The number of hydrogen-bond donors (Lipinski definition) is 0. The van der Waals surface area contributed by atoms with E-state index in [1.807, 2.05) is 0 Å². The van der Waals surface area contributed by atoms with Gasteiger partial charge in [-0.15, -0.1) is 0 Å². The van der Waals surface area contributed by atoms with Crippen LogP contribution in [0, 0.1) is 0 Å². The minimum absolute atomic E-state index is 0.688. The van der Waals surface area contributed by atoms with Gasteiger partial charge in [0.1, 0.15) is 8.07 Å². The van der Waals surface area contributed by atoms with Crippen molar-refractivity contribution in [1.29, 1.82) is 0 Å². The van der Waals surface area contributed by atoms with Crippen molar-refractivity contribution in [3.8, 4) is 11.1 Å². The summed E-state index contributed by atoms with van der Waals surface area (Å²) >= 11 is 0. The molecule has 2 heterocycles. The van der Waals surface area contributed by atoms with Gasteiger partial charge in [-0.3, -0.25) is 0 Å². The molecule has 0 atom stereocenters. The van der Waals surface area contributed by atoms with Gasteiger partial charge in [-0.1, -0.05) is 70.2 Å². The fraction of sp³-hybridized carbons (Fsp3) is 0.333. The molecule has 0 saturated carbocycles. The Labute approximate surface area is 140 Å². The largest absolute Gasteiger partial charge is 0.351 e. The van der Waals surface area contributed by atoms with E-state index in [4.69, 9.17) is 0 Å². The molecule has 118 valence electrons. The van der Waals surface area contributed by atoms with Gasteiger partial charge in [0.25, 0.3) is 0 Å². The molecule has 0 spiro atoms. The molecule has 3 aromatic rings. The molecule has 0 saturated heterocycles. The highest BCUT2D eigenvalue weighted by molar-refractivity contribution is 7.07. The first-order chi connectivity index (χ1) is 11.0. The number of benzene rings is 2. The maximum atomic E-state index is 2.51. The Morgan fingerprint density at radius 3 is 2.13 bits per heavy atom. The summed E-state index contributed by atoms with van der Waals surface area (Å²) in [6.07, 6.45) is 0. The molecule has 2 heteroatoms. The van der Waals surface area contributed by atoms with Gasteiger partial charge < -0.3 is 4.57 Å². The van der Waals surface area contributed by atoms with Crippen LogP contribution in [-0.4, -0.2) is 12.6 Å². The third-order valence-corrected chi connectivity index (χ3v) is 12.3. The lowest BCUT2D eigenvalue weighted by Crippen LogP contribution is -2.62. The van der Waals surface area contributed by atoms with E-state index in [0.29, 0.717) is 11.1 Å². The van der Waals surface area contributed by atoms with E-state index in [-0.39, 0.29) is 0 Å². The summed E-state index contributed by atoms with van der Waals surface area (Å²) in [5, 5.41) is 4.72. The first-order valence-electron chi connectivity index (χ1n) is 8.69. The molecular formula is C21H25NSi. The molecule has 1 aliphatic rings. The molecule has 23 heavy (non-hydrogen) atoms. The zero-order chi connectivity index (χ0) is 16.4. The van der Waals surface area contributed by atoms with Crippen molar-refractivity contribution in [3.63, 3.8) is 0 Å². The van der Waals surface area contributed by atoms with E-state index in [9.17, 15) is 0 Å². The van der Waals surface area contributed by atoms with E-state index < -0.39 is 8.07 Å². The summed E-state index contributed by atoms with van der Waals surface area (Å²) in [7, 11) is 0.484. The molecule has 0 radical (unpaired) electrons. The van der Waals surface area contributed by atoms with Gasteiger partial charge in [-0.25, -0.2) is 0 Å². The maximum absolute atomic E-state index is 2.51. The molecule has 0 fully saturated rings. The highest BCUT2D eigenvalue weighted by Crippen LogP contribution is 2.44. The summed E-state index contributed by atoms with van der Waals surface area (Å²) in [4.78, 5) is 0. The minimum atomic E-state index is -1.79. The summed E-state index contributed by atoms with van der Waals surface area (Å²) in [6, 6.07) is 18.1. The van der Waals surface area contributed by atoms with Crippen LogP contribution in [0.25, 0.3) is 22.0 Å². The fourth-order valence-corrected chi connectivity index (χ4v) is 11.5.